The molecule has 4 aliphatic carbocycles. The highest BCUT2D eigenvalue weighted by atomic mass is 16.3. The minimum Gasteiger partial charge on any atom is -0.512 e. The van der Waals surface area contributed by atoms with Gasteiger partial charge in [-0.3, -0.25) is 4.79 Å². The third-order valence-electron chi connectivity index (χ3n) is 7.95. The van der Waals surface area contributed by atoms with Crippen molar-refractivity contribution in [3.63, 3.8) is 0 Å². The lowest BCUT2D eigenvalue weighted by molar-refractivity contribution is -0.126. The Morgan fingerprint density at radius 1 is 1.18 bits per heavy atom. The van der Waals surface area contributed by atoms with Crippen LogP contribution in [-0.2, 0) is 4.79 Å². The van der Waals surface area contributed by atoms with Crippen LogP contribution in [0.5, 0.6) is 0 Å². The second kappa shape index (κ2) is 4.59. The van der Waals surface area contributed by atoms with Crippen LogP contribution in [0.1, 0.15) is 58.8 Å². The van der Waals surface area contributed by atoms with Crippen LogP contribution < -0.4 is 0 Å². The van der Waals surface area contributed by atoms with Crippen molar-refractivity contribution in [2.75, 3.05) is 0 Å². The molecule has 0 aromatic heterocycles. The van der Waals surface area contributed by atoms with Gasteiger partial charge in [0.1, 0.15) is 5.76 Å². The smallest absolute Gasteiger partial charge is 0.159 e. The van der Waals surface area contributed by atoms with Gasteiger partial charge in [-0.25, -0.2) is 0 Å². The lowest BCUT2D eigenvalue weighted by Crippen LogP contribution is -2.53. The van der Waals surface area contributed by atoms with Crippen LogP contribution in [0.3, 0.4) is 0 Å². The number of carbonyl (C=O) groups excluding carboxylic acids is 1. The fourth-order valence-electron chi connectivity index (χ4n) is 6.78. The Bertz CT molecular complexity index is 539. The zero-order chi connectivity index (χ0) is 15.7. The summed E-state index contributed by atoms with van der Waals surface area (Å²) in [7, 11) is 0. The summed E-state index contributed by atoms with van der Waals surface area (Å²) in [4.78, 5) is 11.8. The minimum atomic E-state index is -0.217. The van der Waals surface area contributed by atoms with Crippen LogP contribution in [0.15, 0.2) is 11.8 Å². The molecule has 0 aliphatic heterocycles. The van der Waals surface area contributed by atoms with Crippen molar-refractivity contribution in [2.24, 2.45) is 34.5 Å². The van der Waals surface area contributed by atoms with E-state index in [2.05, 4.69) is 13.8 Å². The molecule has 122 valence electrons. The number of fused-ring (bicyclic) bond motifs is 5. The van der Waals surface area contributed by atoms with E-state index in [4.69, 9.17) is 0 Å². The number of hydrogen-bond acceptors (Lipinski definition) is 3. The van der Waals surface area contributed by atoms with Crippen molar-refractivity contribution in [1.29, 1.82) is 0 Å². The Hall–Kier alpha value is -0.830. The fourth-order valence-corrected chi connectivity index (χ4v) is 6.78. The molecule has 0 aromatic rings. The zero-order valence-corrected chi connectivity index (χ0v) is 13.7. The first-order valence-electron chi connectivity index (χ1n) is 8.96. The number of ketones is 1. The molecule has 3 fully saturated rings. The van der Waals surface area contributed by atoms with E-state index < -0.39 is 0 Å². The Balaban J connectivity index is 1.71. The van der Waals surface area contributed by atoms with Crippen LogP contribution >= 0.6 is 0 Å². The van der Waals surface area contributed by atoms with Crippen LogP contribution in [-0.4, -0.2) is 22.1 Å². The molecular formula is C19H28O3. The van der Waals surface area contributed by atoms with Crippen molar-refractivity contribution in [2.45, 2.75) is 64.9 Å². The lowest BCUT2D eigenvalue weighted by atomic mass is 9.46. The fraction of sp³-hybridized carbons (Fsp3) is 0.842. The van der Waals surface area contributed by atoms with E-state index in [1.54, 1.807) is 0 Å². The Kier molecular flexibility index (Phi) is 3.08. The molecule has 0 spiro atoms. The van der Waals surface area contributed by atoms with E-state index in [1.807, 2.05) is 0 Å². The highest BCUT2D eigenvalue weighted by Crippen LogP contribution is 2.66. The SMILES string of the molecule is C[C@]12CC[C@H]3[C@@H](CCC4CC(=O)C=C(O)[C@@]43C)[C@@H]1C[C@@H](O)C2. The van der Waals surface area contributed by atoms with Gasteiger partial charge in [0.15, 0.2) is 5.78 Å². The van der Waals surface area contributed by atoms with Crippen molar-refractivity contribution in [3.05, 3.63) is 11.8 Å². The van der Waals surface area contributed by atoms with Crippen LogP contribution in [0, 0.1) is 34.5 Å². The molecule has 0 aromatic carbocycles. The van der Waals surface area contributed by atoms with Crippen molar-refractivity contribution in [3.8, 4) is 0 Å². The highest BCUT2D eigenvalue weighted by Gasteiger charge is 2.60. The first-order chi connectivity index (χ1) is 10.3. The van der Waals surface area contributed by atoms with Gasteiger partial charge in [-0.05, 0) is 67.6 Å². The number of allylic oxidation sites excluding steroid dienone is 2. The second-order valence-corrected chi connectivity index (χ2v) is 8.92. The van der Waals surface area contributed by atoms with Gasteiger partial charge in [-0.15, -0.1) is 0 Å². The second-order valence-electron chi connectivity index (χ2n) is 8.92. The molecule has 3 nitrogen and oxygen atoms in total. The molecule has 0 bridgehead atoms. The van der Waals surface area contributed by atoms with E-state index in [1.165, 1.54) is 12.5 Å². The molecule has 0 amide bonds. The first-order valence-corrected chi connectivity index (χ1v) is 8.96. The van der Waals surface area contributed by atoms with Crippen LogP contribution in [0.4, 0.5) is 0 Å². The summed E-state index contributed by atoms with van der Waals surface area (Å²) in [6.45, 7) is 4.55. The number of carbonyl (C=O) groups is 1. The number of rotatable bonds is 0. The van der Waals surface area contributed by atoms with E-state index in [-0.39, 0.29) is 22.7 Å². The third-order valence-corrected chi connectivity index (χ3v) is 7.95. The summed E-state index contributed by atoms with van der Waals surface area (Å²) in [5.74, 6) is 2.40. The van der Waals surface area contributed by atoms with Gasteiger partial charge >= 0.3 is 0 Å². The molecule has 2 N–H and O–H groups in total. The third kappa shape index (κ3) is 1.81. The monoisotopic (exact) mass is 304 g/mol. The van der Waals surface area contributed by atoms with E-state index in [0.717, 1.165) is 32.1 Å². The molecule has 4 rings (SSSR count). The minimum absolute atomic E-state index is 0.0929. The first kappa shape index (κ1) is 14.7. The lowest BCUT2D eigenvalue weighted by Gasteiger charge is -2.58. The molecule has 22 heavy (non-hydrogen) atoms. The Morgan fingerprint density at radius 2 is 1.95 bits per heavy atom. The quantitative estimate of drug-likeness (QED) is 0.718. The Morgan fingerprint density at radius 3 is 2.73 bits per heavy atom. The largest absolute Gasteiger partial charge is 0.512 e. The van der Waals surface area contributed by atoms with Gasteiger partial charge < -0.3 is 10.2 Å². The van der Waals surface area contributed by atoms with Crippen molar-refractivity contribution in [1.82, 2.24) is 0 Å². The van der Waals surface area contributed by atoms with Gasteiger partial charge in [-0.2, -0.15) is 0 Å². The zero-order valence-electron chi connectivity index (χ0n) is 13.7. The molecule has 7 atom stereocenters. The molecule has 0 saturated heterocycles. The predicted octanol–water partition coefficient (Wildman–Crippen LogP) is 3.62. The molecule has 1 unspecified atom stereocenters. The maximum atomic E-state index is 11.8. The summed E-state index contributed by atoms with van der Waals surface area (Å²) in [6, 6.07) is 0. The molecule has 0 heterocycles. The van der Waals surface area contributed by atoms with Crippen LogP contribution in [0.2, 0.25) is 0 Å². The molecule has 0 radical (unpaired) electrons. The topological polar surface area (TPSA) is 57.5 Å². The van der Waals surface area contributed by atoms with Gasteiger partial charge in [0.25, 0.3) is 0 Å². The van der Waals surface area contributed by atoms with Crippen molar-refractivity contribution < 1.29 is 15.0 Å². The maximum absolute atomic E-state index is 11.8. The summed E-state index contributed by atoms with van der Waals surface area (Å²) in [5.41, 5.74) is 0.0687. The van der Waals surface area contributed by atoms with Crippen LogP contribution in [0.25, 0.3) is 0 Å². The van der Waals surface area contributed by atoms with Crippen molar-refractivity contribution >= 4 is 5.78 Å². The predicted molar refractivity (Wildman–Crippen MR) is 84.2 cm³/mol. The number of hydrogen-bond donors (Lipinski definition) is 2. The molecule has 3 heteroatoms. The molecule has 3 saturated carbocycles. The molecular weight excluding hydrogens is 276 g/mol. The van der Waals surface area contributed by atoms with Gasteiger partial charge in [0.05, 0.1) is 6.10 Å². The average Bonchev–Trinajstić information content (AvgIpc) is 2.75. The summed E-state index contributed by atoms with van der Waals surface area (Å²) >= 11 is 0. The van der Waals surface area contributed by atoms with Gasteiger partial charge in [-0.1, -0.05) is 13.8 Å². The Labute approximate surface area is 132 Å². The van der Waals surface area contributed by atoms with E-state index in [9.17, 15) is 15.0 Å². The summed E-state index contributed by atoms with van der Waals surface area (Å²) in [5, 5.41) is 20.8. The molecule has 4 aliphatic rings. The normalized spacial score (nSPS) is 54.2. The van der Waals surface area contributed by atoms with E-state index >= 15 is 0 Å². The number of aliphatic hydroxyl groups excluding tert-OH is 2. The standard InChI is InChI=1S/C19H28O3/c1-18-6-5-15-14(16(18)8-13(21)10-18)4-3-11-7-12(20)9-17(22)19(11,15)2/h9,11,13-16,21-22H,3-8,10H2,1-2H3/t11?,13-,14-,15+,16+,18-,19+/m1/s1. The maximum Gasteiger partial charge on any atom is 0.159 e. The average molecular weight is 304 g/mol. The summed E-state index contributed by atoms with van der Waals surface area (Å²) < 4.78 is 0. The summed E-state index contributed by atoms with van der Waals surface area (Å²) in [6.07, 6.45) is 8.33. The highest BCUT2D eigenvalue weighted by molar-refractivity contribution is 5.91. The van der Waals surface area contributed by atoms with E-state index in [0.29, 0.717) is 35.9 Å². The van der Waals surface area contributed by atoms with Gasteiger partial charge in [0.2, 0.25) is 0 Å². The van der Waals surface area contributed by atoms with Gasteiger partial charge in [0, 0.05) is 17.9 Å². The number of aliphatic hydroxyl groups is 2.